The van der Waals surface area contributed by atoms with Crippen LogP contribution in [-0.2, 0) is 14.8 Å². The zero-order valence-electron chi connectivity index (χ0n) is 9.37. The van der Waals surface area contributed by atoms with E-state index in [0.29, 0.717) is 0 Å². The predicted octanol–water partition coefficient (Wildman–Crippen LogP) is 0.452. The van der Waals surface area contributed by atoms with Crippen molar-refractivity contribution in [1.29, 1.82) is 0 Å². The Labute approximate surface area is 109 Å². The number of carbonyl (C=O) groups is 1. The molecule has 0 saturated carbocycles. The van der Waals surface area contributed by atoms with Crippen LogP contribution in [-0.4, -0.2) is 36.7 Å². The Morgan fingerprint density at radius 3 is 2.50 bits per heavy atom. The summed E-state index contributed by atoms with van der Waals surface area (Å²) >= 11 is 5.65. The number of aliphatic hydroxyl groups is 1. The van der Waals surface area contributed by atoms with Crippen LogP contribution in [0.1, 0.15) is 6.92 Å². The third-order valence-corrected chi connectivity index (χ3v) is 3.81. The predicted molar refractivity (Wildman–Crippen MR) is 64.9 cm³/mol. The second-order valence-electron chi connectivity index (χ2n) is 3.64. The maximum Gasteiger partial charge on any atom is 0.324 e. The van der Waals surface area contributed by atoms with Crippen molar-refractivity contribution >= 4 is 27.6 Å². The van der Waals surface area contributed by atoms with Gasteiger partial charge in [0, 0.05) is 5.02 Å². The molecule has 1 aromatic carbocycles. The number of aliphatic carboxylic acids is 1. The lowest BCUT2D eigenvalue weighted by atomic mass is 10.2. The fourth-order valence-corrected chi connectivity index (χ4v) is 2.79. The highest BCUT2D eigenvalue weighted by molar-refractivity contribution is 7.89. The molecule has 0 aliphatic heterocycles. The fourth-order valence-electron chi connectivity index (χ4n) is 1.22. The molecule has 2 atom stereocenters. The smallest absolute Gasteiger partial charge is 0.324 e. The molecule has 0 bridgehead atoms. The number of rotatable bonds is 5. The largest absolute Gasteiger partial charge is 0.480 e. The van der Waals surface area contributed by atoms with Gasteiger partial charge in [0.15, 0.2) is 0 Å². The monoisotopic (exact) mass is 293 g/mol. The molecule has 100 valence electrons. The summed E-state index contributed by atoms with van der Waals surface area (Å²) in [4.78, 5) is 10.6. The van der Waals surface area contributed by atoms with Gasteiger partial charge in [-0.3, -0.25) is 4.79 Å². The zero-order chi connectivity index (χ0) is 13.9. The Morgan fingerprint density at radius 1 is 1.44 bits per heavy atom. The maximum absolute atomic E-state index is 11.9. The maximum atomic E-state index is 11.9. The minimum absolute atomic E-state index is 0.165. The second-order valence-corrected chi connectivity index (χ2v) is 5.79. The fraction of sp³-hybridized carbons (Fsp3) is 0.300. The van der Waals surface area contributed by atoms with Gasteiger partial charge in [0.05, 0.1) is 11.0 Å². The molecule has 0 heterocycles. The molecule has 8 heteroatoms. The van der Waals surface area contributed by atoms with E-state index in [9.17, 15) is 18.3 Å². The highest BCUT2D eigenvalue weighted by Crippen LogP contribution is 2.15. The van der Waals surface area contributed by atoms with E-state index < -0.39 is 28.1 Å². The van der Waals surface area contributed by atoms with Gasteiger partial charge in [-0.1, -0.05) is 17.7 Å². The Morgan fingerprint density at radius 2 is 2.06 bits per heavy atom. The number of carboxylic acids is 1. The van der Waals surface area contributed by atoms with E-state index in [2.05, 4.69) is 0 Å². The number of benzene rings is 1. The number of aliphatic hydroxyl groups excluding tert-OH is 1. The number of halogens is 1. The molecule has 0 amide bonds. The van der Waals surface area contributed by atoms with Gasteiger partial charge in [0.25, 0.3) is 0 Å². The van der Waals surface area contributed by atoms with Crippen LogP contribution < -0.4 is 4.72 Å². The Hall–Kier alpha value is -1.15. The van der Waals surface area contributed by atoms with E-state index >= 15 is 0 Å². The van der Waals surface area contributed by atoms with Gasteiger partial charge < -0.3 is 10.2 Å². The lowest BCUT2D eigenvalue weighted by molar-refractivity contribution is -0.141. The molecule has 0 spiro atoms. The highest BCUT2D eigenvalue weighted by Gasteiger charge is 2.29. The van der Waals surface area contributed by atoms with Crippen molar-refractivity contribution in [3.63, 3.8) is 0 Å². The molecule has 0 radical (unpaired) electrons. The van der Waals surface area contributed by atoms with Crippen molar-refractivity contribution < 1.29 is 23.4 Å². The molecule has 0 aliphatic carbocycles. The average molecular weight is 294 g/mol. The molecule has 3 N–H and O–H groups in total. The van der Waals surface area contributed by atoms with Crippen LogP contribution in [0, 0.1) is 0 Å². The molecule has 0 aromatic heterocycles. The summed E-state index contributed by atoms with van der Waals surface area (Å²) in [5.41, 5.74) is 0. The first-order valence-corrected chi connectivity index (χ1v) is 6.79. The van der Waals surface area contributed by atoms with Gasteiger partial charge in [-0.2, -0.15) is 4.72 Å². The highest BCUT2D eigenvalue weighted by atomic mass is 35.5. The number of sulfonamides is 1. The van der Waals surface area contributed by atoms with Crippen molar-refractivity contribution in [1.82, 2.24) is 4.72 Å². The molecular formula is C10H12ClNO5S. The van der Waals surface area contributed by atoms with Crippen LogP contribution in [0.4, 0.5) is 0 Å². The van der Waals surface area contributed by atoms with Crippen LogP contribution in [0.25, 0.3) is 0 Å². The van der Waals surface area contributed by atoms with Gasteiger partial charge in [-0.15, -0.1) is 0 Å². The Bertz CT molecular complexity index is 543. The first-order valence-electron chi connectivity index (χ1n) is 4.93. The first kappa shape index (κ1) is 14.9. The second kappa shape index (κ2) is 5.66. The Kier molecular flexibility index (Phi) is 4.69. The number of carboxylic acid groups (broad SMARTS) is 1. The third kappa shape index (κ3) is 3.67. The van der Waals surface area contributed by atoms with E-state index in [1.165, 1.54) is 31.2 Å². The number of hydrogen-bond acceptors (Lipinski definition) is 4. The molecule has 0 saturated heterocycles. The lowest BCUT2D eigenvalue weighted by Gasteiger charge is -2.17. The standard InChI is InChI=1S/C10H12ClNO5S/c1-6(13)9(10(14)15)12-18(16,17)8-4-2-3-7(11)5-8/h2-6,9,12-13H,1H3,(H,14,15)/t6-,9+/m1/s1. The Balaban J connectivity index is 3.05. The average Bonchev–Trinajstić information content (AvgIpc) is 2.25. The first-order chi connectivity index (χ1) is 8.24. The van der Waals surface area contributed by atoms with Crippen molar-refractivity contribution in [2.24, 2.45) is 0 Å². The van der Waals surface area contributed by atoms with E-state index in [-0.39, 0.29) is 9.92 Å². The van der Waals surface area contributed by atoms with Gasteiger partial charge in [-0.25, -0.2) is 8.42 Å². The van der Waals surface area contributed by atoms with E-state index in [0.717, 1.165) is 0 Å². The van der Waals surface area contributed by atoms with Crippen LogP contribution in [0.15, 0.2) is 29.2 Å². The van der Waals surface area contributed by atoms with E-state index in [1.807, 2.05) is 4.72 Å². The summed E-state index contributed by atoms with van der Waals surface area (Å²) in [7, 11) is -4.05. The molecule has 0 fully saturated rings. The minimum Gasteiger partial charge on any atom is -0.480 e. The third-order valence-electron chi connectivity index (χ3n) is 2.14. The van der Waals surface area contributed by atoms with Crippen LogP contribution in [0.3, 0.4) is 0 Å². The van der Waals surface area contributed by atoms with Gasteiger partial charge in [0.1, 0.15) is 6.04 Å². The summed E-state index contributed by atoms with van der Waals surface area (Å²) in [5.74, 6) is -1.46. The van der Waals surface area contributed by atoms with E-state index in [4.69, 9.17) is 16.7 Å². The van der Waals surface area contributed by atoms with Crippen LogP contribution in [0.5, 0.6) is 0 Å². The summed E-state index contributed by atoms with van der Waals surface area (Å²) in [6.07, 6.45) is -1.36. The summed E-state index contributed by atoms with van der Waals surface area (Å²) < 4.78 is 25.6. The zero-order valence-corrected chi connectivity index (χ0v) is 10.9. The number of nitrogens with one attached hydrogen (secondary N) is 1. The minimum atomic E-state index is -4.05. The summed E-state index contributed by atoms with van der Waals surface area (Å²) in [6.45, 7) is 1.18. The summed E-state index contributed by atoms with van der Waals surface area (Å²) in [5, 5.41) is 18.2. The van der Waals surface area contributed by atoms with Crippen molar-refractivity contribution in [2.45, 2.75) is 24.0 Å². The van der Waals surface area contributed by atoms with Crippen LogP contribution in [0.2, 0.25) is 5.02 Å². The molecule has 6 nitrogen and oxygen atoms in total. The van der Waals surface area contributed by atoms with E-state index in [1.54, 1.807) is 0 Å². The summed E-state index contributed by atoms with van der Waals surface area (Å²) in [6, 6.07) is 3.76. The van der Waals surface area contributed by atoms with Crippen molar-refractivity contribution in [2.75, 3.05) is 0 Å². The molecule has 0 aliphatic rings. The topological polar surface area (TPSA) is 104 Å². The molecule has 1 aromatic rings. The van der Waals surface area contributed by atoms with Crippen molar-refractivity contribution in [3.8, 4) is 0 Å². The van der Waals surface area contributed by atoms with Crippen LogP contribution >= 0.6 is 11.6 Å². The number of hydrogen-bond donors (Lipinski definition) is 3. The lowest BCUT2D eigenvalue weighted by Crippen LogP contribution is -2.47. The molecule has 1 rings (SSSR count). The van der Waals surface area contributed by atoms with Gasteiger partial charge in [0.2, 0.25) is 10.0 Å². The van der Waals surface area contributed by atoms with Gasteiger partial charge in [-0.05, 0) is 25.1 Å². The molecule has 0 unspecified atom stereocenters. The molecular weight excluding hydrogens is 282 g/mol. The van der Waals surface area contributed by atoms with Crippen molar-refractivity contribution in [3.05, 3.63) is 29.3 Å². The normalized spacial score (nSPS) is 15.1. The molecule has 18 heavy (non-hydrogen) atoms. The SMILES string of the molecule is C[C@@H](O)[C@H](NS(=O)(=O)c1cccc(Cl)c1)C(=O)O. The van der Waals surface area contributed by atoms with Gasteiger partial charge >= 0.3 is 5.97 Å². The quantitative estimate of drug-likeness (QED) is 0.731.